The Balaban J connectivity index is 1.83. The second-order valence-electron chi connectivity index (χ2n) is 5.51. The van der Waals surface area contributed by atoms with Crippen LogP contribution in [-0.4, -0.2) is 57.6 Å². The quantitative estimate of drug-likeness (QED) is 0.518. The average molecular weight is 338 g/mol. The zero-order valence-corrected chi connectivity index (χ0v) is 14.4. The molecule has 0 bridgehead atoms. The van der Waals surface area contributed by atoms with Gasteiger partial charge in [0.2, 0.25) is 0 Å². The van der Waals surface area contributed by atoms with E-state index in [0.717, 1.165) is 50.6 Å². The van der Waals surface area contributed by atoms with Gasteiger partial charge in [-0.15, -0.1) is 0 Å². The molecule has 1 fully saturated rings. The molecule has 0 atom stereocenters. The number of esters is 1. The smallest absolute Gasteiger partial charge is 0.337 e. The summed E-state index contributed by atoms with van der Waals surface area (Å²) in [6, 6.07) is 5.36. The summed E-state index contributed by atoms with van der Waals surface area (Å²) in [6.07, 6.45) is 0. The van der Waals surface area contributed by atoms with Crippen molar-refractivity contribution in [3.63, 3.8) is 0 Å². The van der Waals surface area contributed by atoms with Crippen LogP contribution in [0, 0.1) is 6.92 Å². The van der Waals surface area contributed by atoms with E-state index in [9.17, 15) is 4.79 Å². The maximum absolute atomic E-state index is 11.6. The lowest BCUT2D eigenvalue weighted by atomic mass is 10.1. The number of anilines is 1. The molecule has 0 unspecified atom stereocenters. The first-order chi connectivity index (χ1) is 11.1. The molecule has 7 heteroatoms. The molecule has 0 amide bonds. The number of benzene rings is 1. The maximum Gasteiger partial charge on any atom is 0.337 e. The average Bonchev–Trinajstić information content (AvgIpc) is 2.57. The van der Waals surface area contributed by atoms with Crippen LogP contribution in [0.15, 0.2) is 18.2 Å². The topological polar surface area (TPSA) is 64.0 Å². The molecular weight excluding hydrogens is 314 g/mol. The van der Waals surface area contributed by atoms with Crippen molar-refractivity contribution in [2.45, 2.75) is 6.92 Å². The number of quaternary nitrogens is 1. The summed E-state index contributed by atoms with van der Waals surface area (Å²) in [4.78, 5) is 13.1. The molecule has 1 saturated heterocycles. The third kappa shape index (κ3) is 5.46. The Labute approximate surface area is 142 Å². The number of carbonyl (C=O) groups is 1. The number of methoxy groups -OCH3 is 1. The fourth-order valence-corrected chi connectivity index (χ4v) is 2.64. The Morgan fingerprint density at radius 1 is 1.39 bits per heavy atom. The molecule has 0 spiro atoms. The number of morpholine rings is 1. The maximum atomic E-state index is 11.6. The molecule has 3 N–H and O–H groups in total. The van der Waals surface area contributed by atoms with Crippen LogP contribution in [0.2, 0.25) is 0 Å². The summed E-state index contributed by atoms with van der Waals surface area (Å²) < 4.78 is 10.1. The van der Waals surface area contributed by atoms with Crippen molar-refractivity contribution in [3.05, 3.63) is 29.3 Å². The number of carbonyl (C=O) groups excluding carboxylic acids is 1. The molecule has 0 aliphatic carbocycles. The van der Waals surface area contributed by atoms with Crippen molar-refractivity contribution in [1.82, 2.24) is 5.32 Å². The SMILES string of the molecule is COC(=O)c1ccc(C)c(NC(=S)NCC[NH+]2CCOCC2)c1. The Kier molecular flexibility index (Phi) is 6.76. The summed E-state index contributed by atoms with van der Waals surface area (Å²) in [5.74, 6) is -0.358. The van der Waals surface area contributed by atoms with Gasteiger partial charge in [-0.2, -0.15) is 0 Å². The summed E-state index contributed by atoms with van der Waals surface area (Å²) >= 11 is 5.33. The predicted octanol–water partition coefficient (Wildman–Crippen LogP) is -0.0169. The Bertz CT molecular complexity index is 560. The zero-order chi connectivity index (χ0) is 16.7. The van der Waals surface area contributed by atoms with Crippen molar-refractivity contribution in [2.24, 2.45) is 0 Å². The third-order valence-electron chi connectivity index (χ3n) is 3.87. The molecule has 6 nitrogen and oxygen atoms in total. The monoisotopic (exact) mass is 338 g/mol. The van der Waals surface area contributed by atoms with Crippen LogP contribution in [0.4, 0.5) is 5.69 Å². The van der Waals surface area contributed by atoms with Crippen LogP contribution in [0.1, 0.15) is 15.9 Å². The summed E-state index contributed by atoms with van der Waals surface area (Å²) in [7, 11) is 1.37. The van der Waals surface area contributed by atoms with E-state index in [1.807, 2.05) is 13.0 Å². The standard InChI is InChI=1S/C16H23N3O3S/c1-12-3-4-13(15(20)21-2)11-14(12)18-16(23)17-5-6-19-7-9-22-10-8-19/h3-4,11H,5-10H2,1-2H3,(H2,17,18,23)/p+1. The van der Waals surface area contributed by atoms with Gasteiger partial charge in [-0.1, -0.05) is 6.07 Å². The van der Waals surface area contributed by atoms with Gasteiger partial charge in [0.05, 0.1) is 39.0 Å². The van der Waals surface area contributed by atoms with Crippen molar-refractivity contribution in [3.8, 4) is 0 Å². The first-order valence-electron chi connectivity index (χ1n) is 7.75. The minimum atomic E-state index is -0.358. The molecule has 1 aliphatic heterocycles. The zero-order valence-electron chi connectivity index (χ0n) is 13.6. The highest BCUT2D eigenvalue weighted by Crippen LogP contribution is 2.17. The van der Waals surface area contributed by atoms with E-state index in [2.05, 4.69) is 10.6 Å². The molecule has 23 heavy (non-hydrogen) atoms. The van der Waals surface area contributed by atoms with Gasteiger partial charge in [-0.25, -0.2) is 4.79 Å². The summed E-state index contributed by atoms with van der Waals surface area (Å²) in [5, 5.41) is 6.91. The molecule has 0 saturated carbocycles. The molecule has 0 aromatic heterocycles. The second kappa shape index (κ2) is 8.81. The summed E-state index contributed by atoms with van der Waals surface area (Å²) in [5.41, 5.74) is 2.32. The molecule has 126 valence electrons. The largest absolute Gasteiger partial charge is 0.465 e. The second-order valence-corrected chi connectivity index (χ2v) is 5.92. The number of thiocarbonyl (C=S) groups is 1. The Morgan fingerprint density at radius 3 is 2.83 bits per heavy atom. The number of hydrogen-bond acceptors (Lipinski definition) is 4. The van der Waals surface area contributed by atoms with Crippen LogP contribution in [0.25, 0.3) is 0 Å². The fourth-order valence-electron chi connectivity index (χ4n) is 2.43. The number of rotatable bonds is 5. The number of nitrogens with one attached hydrogen (secondary N) is 3. The van der Waals surface area contributed by atoms with Crippen LogP contribution >= 0.6 is 12.2 Å². The molecule has 1 heterocycles. The minimum absolute atomic E-state index is 0.358. The normalized spacial score (nSPS) is 15.0. The van der Waals surface area contributed by atoms with E-state index in [-0.39, 0.29) is 5.97 Å². The molecule has 1 aliphatic rings. The van der Waals surface area contributed by atoms with Crippen molar-refractivity contribution >= 4 is 29.0 Å². The van der Waals surface area contributed by atoms with Gasteiger partial charge in [0, 0.05) is 5.69 Å². The Hall–Kier alpha value is -1.70. The number of ether oxygens (including phenoxy) is 2. The van der Waals surface area contributed by atoms with E-state index >= 15 is 0 Å². The van der Waals surface area contributed by atoms with E-state index in [1.165, 1.54) is 12.0 Å². The summed E-state index contributed by atoms with van der Waals surface area (Å²) in [6.45, 7) is 7.52. The van der Waals surface area contributed by atoms with E-state index in [0.29, 0.717) is 10.7 Å². The highest BCUT2D eigenvalue weighted by atomic mass is 32.1. The van der Waals surface area contributed by atoms with Gasteiger partial charge in [0.15, 0.2) is 5.11 Å². The van der Waals surface area contributed by atoms with Gasteiger partial charge in [-0.3, -0.25) is 0 Å². The van der Waals surface area contributed by atoms with Crippen LogP contribution < -0.4 is 15.5 Å². The van der Waals surface area contributed by atoms with Crippen molar-refractivity contribution in [2.75, 3.05) is 51.8 Å². The lowest BCUT2D eigenvalue weighted by Crippen LogP contribution is -3.14. The lowest BCUT2D eigenvalue weighted by molar-refractivity contribution is -0.906. The first kappa shape index (κ1) is 17.7. The molecule has 1 aromatic carbocycles. The first-order valence-corrected chi connectivity index (χ1v) is 8.16. The van der Waals surface area contributed by atoms with Crippen LogP contribution in [0.3, 0.4) is 0 Å². The van der Waals surface area contributed by atoms with Crippen molar-refractivity contribution in [1.29, 1.82) is 0 Å². The van der Waals surface area contributed by atoms with E-state index in [1.54, 1.807) is 12.1 Å². The highest BCUT2D eigenvalue weighted by molar-refractivity contribution is 7.80. The fraction of sp³-hybridized carbons (Fsp3) is 0.500. The number of hydrogen-bond donors (Lipinski definition) is 3. The van der Waals surface area contributed by atoms with Gasteiger partial charge in [0.25, 0.3) is 0 Å². The molecule has 1 aromatic rings. The van der Waals surface area contributed by atoms with Gasteiger partial charge in [0.1, 0.15) is 13.1 Å². The van der Waals surface area contributed by atoms with E-state index in [4.69, 9.17) is 21.7 Å². The van der Waals surface area contributed by atoms with Crippen LogP contribution in [-0.2, 0) is 9.47 Å². The predicted molar refractivity (Wildman–Crippen MR) is 93.1 cm³/mol. The van der Waals surface area contributed by atoms with Gasteiger partial charge < -0.3 is 25.0 Å². The van der Waals surface area contributed by atoms with Crippen molar-refractivity contribution < 1.29 is 19.2 Å². The molecule has 0 radical (unpaired) electrons. The lowest BCUT2D eigenvalue weighted by Gasteiger charge is -2.24. The highest BCUT2D eigenvalue weighted by Gasteiger charge is 2.13. The molecule has 2 rings (SSSR count). The van der Waals surface area contributed by atoms with Crippen LogP contribution in [0.5, 0.6) is 0 Å². The third-order valence-corrected chi connectivity index (χ3v) is 4.12. The van der Waals surface area contributed by atoms with Gasteiger partial charge in [-0.05, 0) is 36.8 Å². The molecular formula is C16H24N3O3S+. The van der Waals surface area contributed by atoms with Gasteiger partial charge >= 0.3 is 5.97 Å². The Morgan fingerprint density at radius 2 is 2.13 bits per heavy atom. The minimum Gasteiger partial charge on any atom is -0.465 e. The number of aryl methyl sites for hydroxylation is 1. The van der Waals surface area contributed by atoms with E-state index < -0.39 is 0 Å².